The number of rotatable bonds is 2. The maximum atomic E-state index is 13.4. The summed E-state index contributed by atoms with van der Waals surface area (Å²) in [6, 6.07) is 2.19. The van der Waals surface area contributed by atoms with Gasteiger partial charge in [0.15, 0.2) is 0 Å². The van der Waals surface area contributed by atoms with Gasteiger partial charge in [-0.05, 0) is 53.7 Å². The van der Waals surface area contributed by atoms with Crippen molar-refractivity contribution in [1.29, 1.82) is 0 Å². The van der Waals surface area contributed by atoms with Gasteiger partial charge < -0.3 is 5.73 Å². The van der Waals surface area contributed by atoms with E-state index < -0.39 is 15.8 Å². The monoisotopic (exact) mass is 364 g/mol. The molecule has 0 bridgehead atoms. The molecular formula is C13H18BrFN2O2S. The lowest BCUT2D eigenvalue weighted by molar-refractivity contribution is 0.202. The largest absolute Gasteiger partial charge is 0.398 e. The predicted molar refractivity (Wildman–Crippen MR) is 80.3 cm³/mol. The van der Waals surface area contributed by atoms with Crippen LogP contribution in [0.1, 0.15) is 26.7 Å². The van der Waals surface area contributed by atoms with Crippen LogP contribution in [0.5, 0.6) is 0 Å². The van der Waals surface area contributed by atoms with E-state index >= 15 is 0 Å². The van der Waals surface area contributed by atoms with Gasteiger partial charge in [-0.25, -0.2) is 12.8 Å². The molecule has 1 aliphatic heterocycles. The fourth-order valence-electron chi connectivity index (χ4n) is 2.53. The molecule has 0 spiro atoms. The van der Waals surface area contributed by atoms with Crippen LogP contribution in [-0.2, 0) is 10.0 Å². The molecule has 7 heteroatoms. The second-order valence-corrected chi connectivity index (χ2v) is 7.99. The molecule has 1 fully saturated rings. The van der Waals surface area contributed by atoms with Crippen LogP contribution >= 0.6 is 15.9 Å². The molecule has 2 atom stereocenters. The van der Waals surface area contributed by atoms with Crippen molar-refractivity contribution in [3.63, 3.8) is 0 Å². The lowest BCUT2D eigenvalue weighted by Gasteiger charge is -2.37. The highest BCUT2D eigenvalue weighted by molar-refractivity contribution is 9.10. The number of hydrogen-bond donors (Lipinski definition) is 1. The maximum Gasteiger partial charge on any atom is 0.245 e. The van der Waals surface area contributed by atoms with Crippen LogP contribution < -0.4 is 5.73 Å². The van der Waals surface area contributed by atoms with Crippen LogP contribution in [0, 0.1) is 11.7 Å². The van der Waals surface area contributed by atoms with Crippen molar-refractivity contribution < 1.29 is 12.8 Å². The van der Waals surface area contributed by atoms with Gasteiger partial charge in [0.2, 0.25) is 10.0 Å². The molecule has 1 heterocycles. The molecule has 20 heavy (non-hydrogen) atoms. The number of sulfonamides is 1. The van der Waals surface area contributed by atoms with Crippen molar-refractivity contribution in [2.24, 2.45) is 5.92 Å². The highest BCUT2D eigenvalue weighted by Gasteiger charge is 2.35. The standard InChI is InChI=1S/C13H18BrFN2O2S/c1-8-4-3-5-17(9(8)2)20(18,19)13-6-10(14)11(15)7-12(13)16/h6-9H,3-5,16H2,1-2H3. The Bertz CT molecular complexity index is 621. The third kappa shape index (κ3) is 2.71. The topological polar surface area (TPSA) is 63.4 Å². The summed E-state index contributed by atoms with van der Waals surface area (Å²) < 4.78 is 40.4. The first-order valence-electron chi connectivity index (χ1n) is 6.51. The number of piperidine rings is 1. The third-order valence-electron chi connectivity index (χ3n) is 3.96. The van der Waals surface area contributed by atoms with Gasteiger partial charge in [0.1, 0.15) is 10.7 Å². The summed E-state index contributed by atoms with van der Waals surface area (Å²) in [7, 11) is -3.70. The number of anilines is 1. The molecule has 1 aromatic rings. The zero-order valence-corrected chi connectivity index (χ0v) is 13.8. The summed E-state index contributed by atoms with van der Waals surface area (Å²) in [6.07, 6.45) is 1.84. The van der Waals surface area contributed by atoms with Crippen molar-refractivity contribution in [3.8, 4) is 0 Å². The second kappa shape index (κ2) is 5.61. The average molecular weight is 365 g/mol. The molecule has 112 valence electrons. The quantitative estimate of drug-likeness (QED) is 0.820. The molecule has 4 nitrogen and oxygen atoms in total. The molecular weight excluding hydrogens is 347 g/mol. The highest BCUT2D eigenvalue weighted by atomic mass is 79.9. The Labute approximate surface area is 127 Å². The first-order chi connectivity index (χ1) is 9.25. The van der Waals surface area contributed by atoms with E-state index in [0.717, 1.165) is 18.9 Å². The summed E-state index contributed by atoms with van der Waals surface area (Å²) >= 11 is 3.01. The van der Waals surface area contributed by atoms with Gasteiger partial charge in [-0.3, -0.25) is 0 Å². The van der Waals surface area contributed by atoms with E-state index in [9.17, 15) is 12.8 Å². The third-order valence-corrected chi connectivity index (χ3v) is 6.60. The minimum Gasteiger partial charge on any atom is -0.398 e. The number of nitrogens with two attached hydrogens (primary N) is 1. The van der Waals surface area contributed by atoms with Crippen molar-refractivity contribution in [2.75, 3.05) is 12.3 Å². The fraction of sp³-hybridized carbons (Fsp3) is 0.538. The van der Waals surface area contributed by atoms with Crippen LogP contribution in [0.4, 0.5) is 10.1 Å². The Morgan fingerprint density at radius 3 is 2.70 bits per heavy atom. The summed E-state index contributed by atoms with van der Waals surface area (Å²) in [6.45, 7) is 4.41. The molecule has 0 aliphatic carbocycles. The Balaban J connectivity index is 2.47. The zero-order valence-electron chi connectivity index (χ0n) is 11.4. The van der Waals surface area contributed by atoms with Gasteiger partial charge in [0, 0.05) is 12.6 Å². The first kappa shape index (κ1) is 15.7. The Morgan fingerprint density at radius 2 is 2.05 bits per heavy atom. The van der Waals surface area contributed by atoms with Crippen LogP contribution in [0.15, 0.2) is 21.5 Å². The van der Waals surface area contributed by atoms with Gasteiger partial charge >= 0.3 is 0 Å². The summed E-state index contributed by atoms with van der Waals surface area (Å²) in [4.78, 5) is -0.0354. The molecule has 1 saturated heterocycles. The van der Waals surface area contributed by atoms with Crippen LogP contribution in [0.25, 0.3) is 0 Å². The Hall–Kier alpha value is -0.660. The Kier molecular flexibility index (Phi) is 4.41. The van der Waals surface area contributed by atoms with E-state index in [0.29, 0.717) is 12.5 Å². The summed E-state index contributed by atoms with van der Waals surface area (Å²) in [5.41, 5.74) is 5.64. The summed E-state index contributed by atoms with van der Waals surface area (Å²) in [5, 5.41) is 0. The van der Waals surface area contributed by atoms with Gasteiger partial charge in [-0.1, -0.05) is 6.92 Å². The minimum atomic E-state index is -3.70. The van der Waals surface area contributed by atoms with E-state index in [1.54, 1.807) is 0 Å². The smallest absolute Gasteiger partial charge is 0.245 e. The van der Waals surface area contributed by atoms with E-state index in [4.69, 9.17) is 5.73 Å². The SMILES string of the molecule is CC1CCCN(S(=O)(=O)c2cc(Br)c(F)cc2N)C1C. The van der Waals surface area contributed by atoms with E-state index in [1.807, 2.05) is 13.8 Å². The van der Waals surface area contributed by atoms with Gasteiger partial charge in [-0.2, -0.15) is 4.31 Å². The lowest BCUT2D eigenvalue weighted by Crippen LogP contribution is -2.46. The van der Waals surface area contributed by atoms with Crippen molar-refractivity contribution in [1.82, 2.24) is 4.31 Å². The van der Waals surface area contributed by atoms with Crippen LogP contribution in [0.2, 0.25) is 0 Å². The minimum absolute atomic E-state index is 0.0354. The van der Waals surface area contributed by atoms with E-state index in [2.05, 4.69) is 15.9 Å². The van der Waals surface area contributed by atoms with Gasteiger partial charge in [0.25, 0.3) is 0 Å². The van der Waals surface area contributed by atoms with Gasteiger partial charge in [0.05, 0.1) is 10.2 Å². The molecule has 2 N–H and O–H groups in total. The Morgan fingerprint density at radius 1 is 1.40 bits per heavy atom. The predicted octanol–water partition coefficient (Wildman–Crippen LogP) is 2.98. The van der Waals surface area contributed by atoms with Crippen LogP contribution in [0.3, 0.4) is 0 Å². The maximum absolute atomic E-state index is 13.4. The summed E-state index contributed by atoms with van der Waals surface area (Å²) in [5.74, 6) is -0.273. The number of halogens is 2. The van der Waals surface area contributed by atoms with Crippen molar-refractivity contribution >= 4 is 31.6 Å². The number of nitrogen functional groups attached to an aromatic ring is 1. The number of nitrogens with zero attached hydrogens (tertiary/aromatic N) is 1. The van der Waals surface area contributed by atoms with Crippen LogP contribution in [-0.4, -0.2) is 25.3 Å². The number of hydrogen-bond acceptors (Lipinski definition) is 3. The average Bonchev–Trinajstić information content (AvgIpc) is 2.36. The fourth-order valence-corrected chi connectivity index (χ4v) is 4.92. The highest BCUT2D eigenvalue weighted by Crippen LogP contribution is 2.33. The molecule has 2 unspecified atom stereocenters. The van der Waals surface area contributed by atoms with Crippen molar-refractivity contribution in [2.45, 2.75) is 37.6 Å². The van der Waals surface area contributed by atoms with Gasteiger partial charge in [-0.15, -0.1) is 0 Å². The lowest BCUT2D eigenvalue weighted by atomic mass is 9.94. The molecule has 1 aromatic carbocycles. The molecule has 0 radical (unpaired) electrons. The first-order valence-corrected chi connectivity index (χ1v) is 8.75. The molecule has 1 aliphatic rings. The molecule has 0 saturated carbocycles. The number of benzene rings is 1. The zero-order chi connectivity index (χ0) is 15.1. The normalized spacial score (nSPS) is 24.8. The molecule has 2 rings (SSSR count). The molecule has 0 aromatic heterocycles. The van der Waals surface area contributed by atoms with Crippen molar-refractivity contribution in [3.05, 3.63) is 22.4 Å². The van der Waals surface area contributed by atoms with E-state index in [1.165, 1.54) is 10.4 Å². The van der Waals surface area contributed by atoms with E-state index in [-0.39, 0.29) is 21.1 Å². The molecule has 0 amide bonds. The second-order valence-electron chi connectivity index (χ2n) is 5.28.